The van der Waals surface area contributed by atoms with E-state index < -0.39 is 17.9 Å². The molecule has 1 aromatic rings. The lowest BCUT2D eigenvalue weighted by Crippen LogP contribution is -2.37. The molecule has 7 nitrogen and oxygen atoms in total. The molecule has 26 heavy (non-hydrogen) atoms. The van der Waals surface area contributed by atoms with E-state index in [1.165, 1.54) is 6.92 Å². The van der Waals surface area contributed by atoms with Crippen LogP contribution in [-0.2, 0) is 14.4 Å². The molecule has 2 amide bonds. The van der Waals surface area contributed by atoms with Gasteiger partial charge in [0.2, 0.25) is 11.8 Å². The highest BCUT2D eigenvalue weighted by Gasteiger charge is 2.31. The first-order chi connectivity index (χ1) is 12.4. The number of carbonyl (C=O) groups excluding carboxylic acids is 2. The van der Waals surface area contributed by atoms with E-state index in [1.807, 2.05) is 25.1 Å². The molecule has 0 radical (unpaired) electrons. The molecule has 2 rings (SSSR count). The summed E-state index contributed by atoms with van der Waals surface area (Å²) < 4.78 is 5.61. The van der Waals surface area contributed by atoms with Crippen LogP contribution in [0.2, 0.25) is 0 Å². The van der Waals surface area contributed by atoms with E-state index in [2.05, 4.69) is 10.6 Å². The van der Waals surface area contributed by atoms with Crippen molar-refractivity contribution in [2.75, 3.05) is 6.61 Å². The van der Waals surface area contributed by atoms with E-state index in [1.54, 1.807) is 6.07 Å². The van der Waals surface area contributed by atoms with Crippen LogP contribution in [0.3, 0.4) is 0 Å². The van der Waals surface area contributed by atoms with Gasteiger partial charge in [-0.3, -0.25) is 14.4 Å². The third kappa shape index (κ3) is 5.47. The van der Waals surface area contributed by atoms with Crippen LogP contribution in [0.5, 0.6) is 5.75 Å². The fourth-order valence-corrected chi connectivity index (χ4v) is 3.35. The second kappa shape index (κ2) is 9.22. The number of benzene rings is 1. The van der Waals surface area contributed by atoms with Gasteiger partial charge in [0, 0.05) is 18.5 Å². The van der Waals surface area contributed by atoms with Gasteiger partial charge in [0.1, 0.15) is 5.75 Å². The van der Waals surface area contributed by atoms with Gasteiger partial charge >= 0.3 is 5.97 Å². The predicted octanol–water partition coefficient (Wildman–Crippen LogP) is 2.02. The molecule has 142 valence electrons. The van der Waals surface area contributed by atoms with Crippen LogP contribution >= 0.6 is 0 Å². The third-order valence-corrected chi connectivity index (χ3v) is 4.51. The number of ether oxygens (including phenoxy) is 1. The summed E-state index contributed by atoms with van der Waals surface area (Å²) in [6.45, 7) is 3.76. The zero-order chi connectivity index (χ0) is 19.1. The number of hydrogen-bond donors (Lipinski definition) is 3. The van der Waals surface area contributed by atoms with Gasteiger partial charge in [-0.2, -0.15) is 0 Å². The largest absolute Gasteiger partial charge is 0.494 e. The molecule has 1 aromatic carbocycles. The number of hydrogen-bond acceptors (Lipinski definition) is 4. The first-order valence-corrected chi connectivity index (χ1v) is 8.91. The zero-order valence-corrected chi connectivity index (χ0v) is 15.2. The van der Waals surface area contributed by atoms with Crippen LogP contribution < -0.4 is 15.4 Å². The minimum Gasteiger partial charge on any atom is -0.494 e. The Bertz CT molecular complexity index is 661. The van der Waals surface area contributed by atoms with Gasteiger partial charge in [0.05, 0.1) is 25.0 Å². The van der Waals surface area contributed by atoms with Crippen LogP contribution in [0.25, 0.3) is 0 Å². The van der Waals surface area contributed by atoms with Crippen molar-refractivity contribution in [2.45, 2.75) is 51.6 Å². The van der Waals surface area contributed by atoms with Gasteiger partial charge in [-0.1, -0.05) is 18.2 Å². The van der Waals surface area contributed by atoms with E-state index in [-0.39, 0.29) is 24.3 Å². The first-order valence-electron chi connectivity index (χ1n) is 8.91. The molecule has 1 fully saturated rings. The maximum Gasteiger partial charge on any atom is 0.306 e. The summed E-state index contributed by atoms with van der Waals surface area (Å²) in [6, 6.07) is 6.66. The number of carbonyl (C=O) groups is 3. The molecule has 1 aliphatic carbocycles. The lowest BCUT2D eigenvalue weighted by atomic mass is 10.0. The van der Waals surface area contributed by atoms with Gasteiger partial charge in [-0.15, -0.1) is 0 Å². The minimum absolute atomic E-state index is 0.0674. The van der Waals surface area contributed by atoms with Gasteiger partial charge in [-0.05, 0) is 32.3 Å². The highest BCUT2D eigenvalue weighted by molar-refractivity contribution is 5.80. The van der Waals surface area contributed by atoms with Crippen molar-refractivity contribution in [1.82, 2.24) is 10.6 Å². The lowest BCUT2D eigenvalue weighted by molar-refractivity contribution is -0.141. The molecule has 0 bridgehead atoms. The maximum atomic E-state index is 12.5. The molecular formula is C19H26N2O5. The number of carboxylic acids is 1. The van der Waals surface area contributed by atoms with Gasteiger partial charge < -0.3 is 20.5 Å². The fourth-order valence-electron chi connectivity index (χ4n) is 3.35. The normalized spacial score (nSPS) is 20.2. The molecule has 0 spiro atoms. The van der Waals surface area contributed by atoms with Crippen molar-refractivity contribution >= 4 is 17.8 Å². The smallest absolute Gasteiger partial charge is 0.306 e. The summed E-state index contributed by atoms with van der Waals surface area (Å²) >= 11 is 0. The molecule has 0 heterocycles. The van der Waals surface area contributed by atoms with Crippen molar-refractivity contribution < 1.29 is 24.2 Å². The Labute approximate surface area is 153 Å². The van der Waals surface area contributed by atoms with Crippen molar-refractivity contribution in [2.24, 2.45) is 5.92 Å². The number of aliphatic carboxylic acids is 1. The lowest BCUT2D eigenvalue weighted by Gasteiger charge is -2.22. The summed E-state index contributed by atoms with van der Waals surface area (Å²) in [6.07, 6.45) is 1.74. The Kier molecular flexibility index (Phi) is 7.00. The van der Waals surface area contributed by atoms with E-state index in [0.717, 1.165) is 5.56 Å². The maximum absolute atomic E-state index is 12.5. The summed E-state index contributed by atoms with van der Waals surface area (Å²) in [7, 11) is 0. The van der Waals surface area contributed by atoms with Crippen molar-refractivity contribution in [3.05, 3.63) is 29.8 Å². The van der Waals surface area contributed by atoms with Crippen LogP contribution in [0.4, 0.5) is 0 Å². The fraction of sp³-hybridized carbons (Fsp3) is 0.526. The molecule has 1 aliphatic rings. The van der Waals surface area contributed by atoms with Crippen LogP contribution in [-0.4, -0.2) is 35.5 Å². The standard InChI is InChI=1S/C19H26N2O5/c1-3-26-17-7-5-4-6-15(17)16(20-12(2)22)11-18(23)21-14-9-8-13(10-14)19(24)25/h4-7,13-14,16H,3,8-11H2,1-2H3,(H,20,22)(H,21,23)(H,24,25)/t13-,14+,16?/m0/s1. The summed E-state index contributed by atoms with van der Waals surface area (Å²) in [5.41, 5.74) is 0.745. The van der Waals surface area contributed by atoms with Gasteiger partial charge in [0.25, 0.3) is 0 Å². The van der Waals surface area contributed by atoms with Crippen molar-refractivity contribution in [1.29, 1.82) is 0 Å². The first kappa shape index (κ1) is 19.8. The summed E-state index contributed by atoms with van der Waals surface area (Å²) in [5, 5.41) is 14.8. The number of amides is 2. The van der Waals surface area contributed by atoms with E-state index >= 15 is 0 Å². The molecule has 1 saturated carbocycles. The molecule has 7 heteroatoms. The second-order valence-electron chi connectivity index (χ2n) is 6.54. The second-order valence-corrected chi connectivity index (χ2v) is 6.54. The number of rotatable bonds is 8. The van der Waals surface area contributed by atoms with E-state index in [4.69, 9.17) is 9.84 Å². The molecular weight excluding hydrogens is 336 g/mol. The van der Waals surface area contributed by atoms with Gasteiger partial charge in [0.15, 0.2) is 0 Å². The Balaban J connectivity index is 2.05. The summed E-state index contributed by atoms with van der Waals surface area (Å²) in [5.74, 6) is -1.03. The Morgan fingerprint density at radius 3 is 2.62 bits per heavy atom. The Morgan fingerprint density at radius 2 is 2.00 bits per heavy atom. The Morgan fingerprint density at radius 1 is 1.27 bits per heavy atom. The minimum atomic E-state index is -0.816. The SMILES string of the molecule is CCOc1ccccc1C(CC(=O)N[C@@H]1CC[C@H](C(=O)O)C1)NC(C)=O. The molecule has 1 unspecified atom stereocenters. The van der Waals surface area contributed by atoms with Crippen LogP contribution in [0.15, 0.2) is 24.3 Å². The average Bonchev–Trinajstić information content (AvgIpc) is 3.03. The summed E-state index contributed by atoms with van der Waals surface area (Å²) in [4.78, 5) is 35.1. The highest BCUT2D eigenvalue weighted by Crippen LogP contribution is 2.29. The quantitative estimate of drug-likeness (QED) is 0.656. The van der Waals surface area contributed by atoms with Crippen molar-refractivity contribution in [3.63, 3.8) is 0 Å². The molecule has 0 aliphatic heterocycles. The topological polar surface area (TPSA) is 105 Å². The third-order valence-electron chi connectivity index (χ3n) is 4.51. The highest BCUT2D eigenvalue weighted by atomic mass is 16.5. The zero-order valence-electron chi connectivity index (χ0n) is 15.2. The monoisotopic (exact) mass is 362 g/mol. The van der Waals surface area contributed by atoms with Crippen LogP contribution in [0, 0.1) is 5.92 Å². The van der Waals surface area contributed by atoms with Gasteiger partial charge in [-0.25, -0.2) is 0 Å². The van der Waals surface area contributed by atoms with Crippen LogP contribution in [0.1, 0.15) is 51.1 Å². The number of carboxylic acid groups (broad SMARTS) is 1. The molecule has 0 saturated heterocycles. The Hall–Kier alpha value is -2.57. The van der Waals surface area contributed by atoms with Crippen molar-refractivity contribution in [3.8, 4) is 5.75 Å². The number of para-hydroxylation sites is 1. The predicted molar refractivity (Wildman–Crippen MR) is 95.7 cm³/mol. The average molecular weight is 362 g/mol. The van der Waals surface area contributed by atoms with E-state index in [9.17, 15) is 14.4 Å². The molecule has 3 N–H and O–H groups in total. The number of nitrogens with one attached hydrogen (secondary N) is 2. The molecule has 3 atom stereocenters. The molecule has 0 aromatic heterocycles. The van der Waals surface area contributed by atoms with E-state index in [0.29, 0.717) is 31.6 Å².